The highest BCUT2D eigenvalue weighted by Crippen LogP contribution is 2.29. The number of anilines is 2. The lowest BCUT2D eigenvalue weighted by atomic mass is 9.96. The highest BCUT2D eigenvalue weighted by molar-refractivity contribution is 5.63. The Bertz CT molecular complexity index is 733. The van der Waals surface area contributed by atoms with Crippen LogP contribution in [-0.4, -0.2) is 32.8 Å². The Hall–Kier alpha value is -2.31. The van der Waals surface area contributed by atoms with Crippen molar-refractivity contribution >= 4 is 11.8 Å². The molecule has 7 heteroatoms. The Morgan fingerprint density at radius 1 is 1.12 bits per heavy atom. The van der Waals surface area contributed by atoms with Gasteiger partial charge in [-0.3, -0.25) is 0 Å². The second kappa shape index (κ2) is 7.29. The van der Waals surface area contributed by atoms with Crippen molar-refractivity contribution < 1.29 is 5.82 Å². The van der Waals surface area contributed by atoms with Crippen molar-refractivity contribution in [3.63, 3.8) is 0 Å². The van der Waals surface area contributed by atoms with Gasteiger partial charge in [-0.25, -0.2) is 14.4 Å². The van der Waals surface area contributed by atoms with Gasteiger partial charge >= 0.3 is 0 Å². The number of aromatic nitrogens is 4. The van der Waals surface area contributed by atoms with Crippen molar-refractivity contribution in [2.24, 2.45) is 5.92 Å². The van der Waals surface area contributed by atoms with Gasteiger partial charge in [-0.05, 0) is 37.7 Å². The van der Waals surface area contributed by atoms with Crippen LogP contribution in [-0.2, 0) is 0 Å². The maximum atomic E-state index is 14.3. The predicted octanol–water partition coefficient (Wildman–Crippen LogP) is 3.89. The summed E-state index contributed by atoms with van der Waals surface area (Å²) in [5.41, 5.74) is 0.873. The Morgan fingerprint density at radius 2 is 1.96 bits per heavy atom. The molecule has 2 aliphatic rings. The van der Waals surface area contributed by atoms with Crippen LogP contribution in [0.1, 0.15) is 46.4 Å². The molecule has 2 N–H and O–H groups in total. The lowest BCUT2D eigenvalue weighted by Crippen LogP contribution is -2.23. The summed E-state index contributed by atoms with van der Waals surface area (Å²) in [4.78, 5) is 8.49. The molecule has 2 saturated carbocycles. The fourth-order valence-corrected chi connectivity index (χ4v) is 3.22. The average Bonchev–Trinajstić information content (AvgIpc) is 3.47. The van der Waals surface area contributed by atoms with Crippen molar-refractivity contribution in [1.29, 1.82) is 0 Å². The second-order valence-electron chi connectivity index (χ2n) is 7.02. The number of hydrogen-bond acceptors (Lipinski definition) is 6. The molecule has 0 unspecified atom stereocenters. The molecule has 2 aromatic rings. The molecule has 0 saturated heterocycles. The SMILES string of the molecule is Fc1cnc(NC2CCCCC2)nc1-c1cnnc(NCC2CC2)c1.[HH]. The zero-order chi connectivity index (χ0) is 17.1. The van der Waals surface area contributed by atoms with Crippen LogP contribution in [0.25, 0.3) is 11.3 Å². The molecular formula is C18H25FN6. The van der Waals surface area contributed by atoms with E-state index in [1.807, 2.05) is 0 Å². The number of halogens is 1. The maximum Gasteiger partial charge on any atom is 0.223 e. The molecule has 0 aliphatic heterocycles. The number of hydrogen-bond donors (Lipinski definition) is 2. The molecule has 25 heavy (non-hydrogen) atoms. The van der Waals surface area contributed by atoms with Gasteiger partial charge in [-0.1, -0.05) is 19.3 Å². The first kappa shape index (κ1) is 16.2. The van der Waals surface area contributed by atoms with E-state index in [9.17, 15) is 4.39 Å². The molecule has 0 bridgehead atoms. The quantitative estimate of drug-likeness (QED) is 0.828. The molecule has 4 rings (SSSR count). The fraction of sp³-hybridized carbons (Fsp3) is 0.556. The first-order valence-corrected chi connectivity index (χ1v) is 9.14. The van der Waals surface area contributed by atoms with Gasteiger partial charge in [0.15, 0.2) is 5.82 Å². The summed E-state index contributed by atoms with van der Waals surface area (Å²) < 4.78 is 14.3. The summed E-state index contributed by atoms with van der Waals surface area (Å²) >= 11 is 0. The number of nitrogens with one attached hydrogen (secondary N) is 2. The van der Waals surface area contributed by atoms with Gasteiger partial charge in [0.25, 0.3) is 0 Å². The molecule has 2 heterocycles. The molecule has 0 atom stereocenters. The smallest absolute Gasteiger partial charge is 0.223 e. The van der Waals surface area contributed by atoms with Gasteiger partial charge in [-0.15, -0.1) is 5.10 Å². The Balaban J connectivity index is 0.00000196. The van der Waals surface area contributed by atoms with E-state index in [1.165, 1.54) is 44.5 Å². The third-order valence-corrected chi connectivity index (χ3v) is 4.88. The van der Waals surface area contributed by atoms with E-state index in [0.29, 0.717) is 23.4 Å². The van der Waals surface area contributed by atoms with Crippen LogP contribution in [0.15, 0.2) is 18.5 Å². The minimum atomic E-state index is -0.449. The van der Waals surface area contributed by atoms with Gasteiger partial charge in [0.2, 0.25) is 5.95 Å². The van der Waals surface area contributed by atoms with Crippen molar-refractivity contribution in [3.05, 3.63) is 24.3 Å². The van der Waals surface area contributed by atoms with E-state index < -0.39 is 5.82 Å². The molecule has 0 spiro atoms. The summed E-state index contributed by atoms with van der Waals surface area (Å²) in [7, 11) is 0. The van der Waals surface area contributed by atoms with E-state index in [1.54, 1.807) is 6.07 Å². The Morgan fingerprint density at radius 3 is 2.76 bits per heavy atom. The molecule has 0 amide bonds. The van der Waals surface area contributed by atoms with Crippen LogP contribution in [0.4, 0.5) is 16.2 Å². The number of nitrogens with zero attached hydrogens (tertiary/aromatic N) is 4. The normalized spacial score (nSPS) is 18.1. The summed E-state index contributed by atoms with van der Waals surface area (Å²) in [6.07, 6.45) is 11.2. The highest BCUT2D eigenvalue weighted by atomic mass is 19.1. The van der Waals surface area contributed by atoms with E-state index in [-0.39, 0.29) is 7.12 Å². The number of rotatable bonds is 6. The predicted molar refractivity (Wildman–Crippen MR) is 96.8 cm³/mol. The molecule has 6 nitrogen and oxygen atoms in total. The van der Waals surface area contributed by atoms with E-state index in [0.717, 1.165) is 25.3 Å². The van der Waals surface area contributed by atoms with Crippen LogP contribution in [0.5, 0.6) is 0 Å². The van der Waals surface area contributed by atoms with Crippen molar-refractivity contribution in [1.82, 2.24) is 20.2 Å². The zero-order valence-electron chi connectivity index (χ0n) is 14.2. The lowest BCUT2D eigenvalue weighted by molar-refractivity contribution is 0.460. The zero-order valence-corrected chi connectivity index (χ0v) is 14.2. The summed E-state index contributed by atoms with van der Waals surface area (Å²) in [6.45, 7) is 0.888. The molecule has 0 radical (unpaired) electrons. The van der Waals surface area contributed by atoms with Gasteiger partial charge in [0.1, 0.15) is 11.5 Å². The van der Waals surface area contributed by atoms with Crippen molar-refractivity contribution in [2.45, 2.75) is 51.0 Å². The second-order valence-corrected chi connectivity index (χ2v) is 7.02. The minimum absolute atomic E-state index is 0. The summed E-state index contributed by atoms with van der Waals surface area (Å²) in [5.74, 6) is 1.42. The summed E-state index contributed by atoms with van der Waals surface area (Å²) in [6, 6.07) is 2.17. The largest absolute Gasteiger partial charge is 0.368 e. The first-order chi connectivity index (χ1) is 12.3. The van der Waals surface area contributed by atoms with E-state index >= 15 is 0 Å². The molecule has 2 aliphatic carbocycles. The summed E-state index contributed by atoms with van der Waals surface area (Å²) in [5, 5.41) is 14.7. The van der Waals surface area contributed by atoms with Crippen molar-refractivity contribution in [3.8, 4) is 11.3 Å². The average molecular weight is 344 g/mol. The van der Waals surface area contributed by atoms with Gasteiger partial charge in [-0.2, -0.15) is 5.10 Å². The van der Waals surface area contributed by atoms with Crippen LogP contribution in [0.3, 0.4) is 0 Å². The highest BCUT2D eigenvalue weighted by Gasteiger charge is 2.21. The molecule has 0 aromatic carbocycles. The maximum absolute atomic E-state index is 14.3. The molecule has 134 valence electrons. The van der Waals surface area contributed by atoms with Crippen molar-refractivity contribution in [2.75, 3.05) is 17.2 Å². The third-order valence-electron chi connectivity index (χ3n) is 4.88. The van der Waals surface area contributed by atoms with Gasteiger partial charge < -0.3 is 10.6 Å². The standard InChI is InChI=1S/C18H23FN6.H2/c19-15-11-21-18(23-14-4-2-1-3-5-14)24-17(15)13-8-16(25-22-10-13)20-9-12-6-7-12;/h8,10-12,14H,1-7,9H2,(H,20,25)(H,21,23,24);1H. The van der Waals surface area contributed by atoms with Crippen LogP contribution < -0.4 is 10.6 Å². The molecule has 2 aromatic heterocycles. The van der Waals surface area contributed by atoms with Crippen LogP contribution >= 0.6 is 0 Å². The van der Waals surface area contributed by atoms with Gasteiger partial charge in [0, 0.05) is 19.6 Å². The van der Waals surface area contributed by atoms with E-state index in [2.05, 4.69) is 30.8 Å². The van der Waals surface area contributed by atoms with Gasteiger partial charge in [0.05, 0.1) is 12.4 Å². The Labute approximate surface area is 148 Å². The lowest BCUT2D eigenvalue weighted by Gasteiger charge is -2.22. The fourth-order valence-electron chi connectivity index (χ4n) is 3.22. The van der Waals surface area contributed by atoms with Crippen LogP contribution in [0.2, 0.25) is 0 Å². The van der Waals surface area contributed by atoms with Crippen LogP contribution in [0, 0.1) is 11.7 Å². The third kappa shape index (κ3) is 4.21. The van der Waals surface area contributed by atoms with E-state index in [4.69, 9.17) is 0 Å². The monoisotopic (exact) mass is 344 g/mol. The first-order valence-electron chi connectivity index (χ1n) is 9.14. The molecular weight excluding hydrogens is 319 g/mol. The minimum Gasteiger partial charge on any atom is -0.368 e. The Kier molecular flexibility index (Phi) is 4.72. The topological polar surface area (TPSA) is 75.6 Å². The molecule has 2 fully saturated rings.